The summed E-state index contributed by atoms with van der Waals surface area (Å²) in [6.45, 7) is 1.88. The van der Waals surface area contributed by atoms with E-state index in [4.69, 9.17) is 9.47 Å². The van der Waals surface area contributed by atoms with Crippen molar-refractivity contribution in [2.75, 3.05) is 18.9 Å². The fourth-order valence-corrected chi connectivity index (χ4v) is 2.64. The summed E-state index contributed by atoms with van der Waals surface area (Å²) in [6.07, 6.45) is 1.29. The number of sulfonamides is 1. The van der Waals surface area contributed by atoms with Crippen molar-refractivity contribution in [3.63, 3.8) is 0 Å². The standard InChI is InChI=1S/C13H15N3O4S/c1-9-4-6-10(7-5-9)21(17,18)16-11-8-14-13(20-3)15-12(11)19-2/h4-8,16H,1-3H3. The largest absolute Gasteiger partial charge is 0.479 e. The molecule has 0 aliphatic carbocycles. The van der Waals surface area contributed by atoms with Crippen LogP contribution in [0.1, 0.15) is 5.56 Å². The van der Waals surface area contributed by atoms with Gasteiger partial charge in [-0.25, -0.2) is 13.4 Å². The van der Waals surface area contributed by atoms with Crippen LogP contribution in [0.25, 0.3) is 0 Å². The Morgan fingerprint density at radius 1 is 1.10 bits per heavy atom. The Hall–Kier alpha value is -2.35. The Bertz CT molecular complexity index is 730. The summed E-state index contributed by atoms with van der Waals surface area (Å²) >= 11 is 0. The summed E-state index contributed by atoms with van der Waals surface area (Å²) < 4.78 is 36.8. The zero-order chi connectivity index (χ0) is 15.5. The molecule has 0 spiro atoms. The number of anilines is 1. The number of nitrogens with one attached hydrogen (secondary N) is 1. The molecule has 0 fully saturated rings. The lowest BCUT2D eigenvalue weighted by molar-refractivity contribution is 0.353. The van der Waals surface area contributed by atoms with Crippen LogP contribution in [0, 0.1) is 6.92 Å². The van der Waals surface area contributed by atoms with Crippen molar-refractivity contribution < 1.29 is 17.9 Å². The molecule has 8 heteroatoms. The van der Waals surface area contributed by atoms with Gasteiger partial charge in [-0.2, -0.15) is 4.98 Å². The summed E-state index contributed by atoms with van der Waals surface area (Å²) in [6, 6.07) is 6.57. The average Bonchev–Trinajstić information content (AvgIpc) is 2.47. The van der Waals surface area contributed by atoms with Crippen LogP contribution in [0.2, 0.25) is 0 Å². The lowest BCUT2D eigenvalue weighted by Gasteiger charge is -2.11. The van der Waals surface area contributed by atoms with Crippen molar-refractivity contribution in [3.8, 4) is 11.9 Å². The molecule has 0 amide bonds. The Morgan fingerprint density at radius 2 is 1.76 bits per heavy atom. The number of rotatable bonds is 5. The first-order valence-electron chi connectivity index (χ1n) is 6.01. The van der Waals surface area contributed by atoms with E-state index >= 15 is 0 Å². The van der Waals surface area contributed by atoms with Gasteiger partial charge in [-0.05, 0) is 19.1 Å². The normalized spacial score (nSPS) is 11.0. The van der Waals surface area contributed by atoms with Crippen LogP contribution >= 0.6 is 0 Å². The molecule has 0 aliphatic rings. The second-order valence-electron chi connectivity index (χ2n) is 4.20. The Labute approximate surface area is 123 Å². The van der Waals surface area contributed by atoms with Crippen LogP contribution in [-0.2, 0) is 10.0 Å². The minimum atomic E-state index is -3.73. The summed E-state index contributed by atoms with van der Waals surface area (Å²) in [4.78, 5) is 7.92. The zero-order valence-electron chi connectivity index (χ0n) is 11.8. The SMILES string of the molecule is COc1ncc(NS(=O)(=O)c2ccc(C)cc2)c(OC)n1. The Morgan fingerprint density at radius 3 is 2.33 bits per heavy atom. The van der Waals surface area contributed by atoms with E-state index in [0.29, 0.717) is 0 Å². The van der Waals surface area contributed by atoms with Gasteiger partial charge in [0, 0.05) is 0 Å². The molecule has 2 rings (SSSR count). The van der Waals surface area contributed by atoms with Gasteiger partial charge in [0.1, 0.15) is 5.69 Å². The maximum Gasteiger partial charge on any atom is 0.319 e. The first kappa shape index (κ1) is 15.0. The van der Waals surface area contributed by atoms with Gasteiger partial charge in [0.15, 0.2) is 0 Å². The monoisotopic (exact) mass is 309 g/mol. The predicted molar refractivity (Wildman–Crippen MR) is 77.1 cm³/mol. The van der Waals surface area contributed by atoms with Gasteiger partial charge in [0.05, 0.1) is 25.3 Å². The first-order valence-corrected chi connectivity index (χ1v) is 7.49. The van der Waals surface area contributed by atoms with E-state index in [1.807, 2.05) is 6.92 Å². The smallest absolute Gasteiger partial charge is 0.319 e. The molecule has 0 radical (unpaired) electrons. The van der Waals surface area contributed by atoms with E-state index in [1.54, 1.807) is 12.1 Å². The molecule has 0 saturated heterocycles. The van der Waals surface area contributed by atoms with Crippen LogP contribution in [0.4, 0.5) is 5.69 Å². The van der Waals surface area contributed by atoms with Crippen LogP contribution in [0.3, 0.4) is 0 Å². The van der Waals surface area contributed by atoms with E-state index in [2.05, 4.69) is 14.7 Å². The highest BCUT2D eigenvalue weighted by molar-refractivity contribution is 7.92. The first-order chi connectivity index (χ1) is 9.96. The summed E-state index contributed by atoms with van der Waals surface area (Å²) in [5.41, 5.74) is 1.11. The third-order valence-corrected chi connectivity index (χ3v) is 4.06. The van der Waals surface area contributed by atoms with Crippen molar-refractivity contribution in [2.24, 2.45) is 0 Å². The number of hydrogen-bond acceptors (Lipinski definition) is 6. The van der Waals surface area contributed by atoms with E-state index in [9.17, 15) is 8.42 Å². The van der Waals surface area contributed by atoms with Gasteiger partial charge in [-0.1, -0.05) is 17.7 Å². The minimum absolute atomic E-state index is 0.0811. The van der Waals surface area contributed by atoms with Crippen LogP contribution in [0.15, 0.2) is 35.4 Å². The predicted octanol–water partition coefficient (Wildman–Crippen LogP) is 1.60. The van der Waals surface area contributed by atoms with Crippen molar-refractivity contribution in [1.29, 1.82) is 0 Å². The third kappa shape index (κ3) is 3.40. The van der Waals surface area contributed by atoms with Gasteiger partial charge >= 0.3 is 6.01 Å². The molecule has 1 heterocycles. The lowest BCUT2D eigenvalue weighted by atomic mass is 10.2. The number of aromatic nitrogens is 2. The quantitative estimate of drug-likeness (QED) is 0.902. The maximum atomic E-state index is 12.3. The molecule has 0 unspecified atom stereocenters. The molecule has 1 aromatic carbocycles. The van der Waals surface area contributed by atoms with Gasteiger partial charge in [0.25, 0.3) is 10.0 Å². The molecule has 0 aliphatic heterocycles. The maximum absolute atomic E-state index is 12.3. The number of ether oxygens (including phenoxy) is 2. The Balaban J connectivity index is 2.34. The Kier molecular flexibility index (Phi) is 4.27. The summed E-state index contributed by atoms with van der Waals surface area (Å²) in [5, 5.41) is 0. The molecule has 112 valence electrons. The number of methoxy groups -OCH3 is 2. The highest BCUT2D eigenvalue weighted by atomic mass is 32.2. The topological polar surface area (TPSA) is 90.4 Å². The molecular weight excluding hydrogens is 294 g/mol. The number of benzene rings is 1. The van der Waals surface area contributed by atoms with Crippen molar-refractivity contribution in [2.45, 2.75) is 11.8 Å². The van der Waals surface area contributed by atoms with E-state index in [-0.39, 0.29) is 22.5 Å². The fourth-order valence-electron chi connectivity index (χ4n) is 1.60. The second-order valence-corrected chi connectivity index (χ2v) is 5.88. The molecule has 2 aromatic rings. The second kappa shape index (κ2) is 5.96. The number of hydrogen-bond donors (Lipinski definition) is 1. The van der Waals surface area contributed by atoms with Crippen molar-refractivity contribution in [1.82, 2.24) is 9.97 Å². The third-order valence-electron chi connectivity index (χ3n) is 2.68. The minimum Gasteiger partial charge on any atom is -0.479 e. The zero-order valence-corrected chi connectivity index (χ0v) is 12.6. The van der Waals surface area contributed by atoms with Crippen molar-refractivity contribution in [3.05, 3.63) is 36.0 Å². The van der Waals surface area contributed by atoms with Crippen molar-refractivity contribution >= 4 is 15.7 Å². The van der Waals surface area contributed by atoms with E-state index < -0.39 is 10.0 Å². The summed E-state index contributed by atoms with van der Waals surface area (Å²) in [7, 11) is -0.945. The van der Waals surface area contributed by atoms with E-state index in [0.717, 1.165) is 5.56 Å². The van der Waals surface area contributed by atoms with Crippen LogP contribution in [0.5, 0.6) is 11.9 Å². The lowest BCUT2D eigenvalue weighted by Crippen LogP contribution is -2.14. The van der Waals surface area contributed by atoms with Gasteiger partial charge < -0.3 is 9.47 Å². The highest BCUT2D eigenvalue weighted by Gasteiger charge is 2.18. The van der Waals surface area contributed by atoms with Gasteiger partial charge in [-0.3, -0.25) is 4.72 Å². The van der Waals surface area contributed by atoms with Gasteiger partial charge in [-0.15, -0.1) is 0 Å². The molecule has 0 saturated carbocycles. The summed E-state index contributed by atoms with van der Waals surface area (Å²) in [5.74, 6) is 0.0811. The molecule has 7 nitrogen and oxygen atoms in total. The molecule has 0 atom stereocenters. The molecule has 0 bridgehead atoms. The van der Waals surface area contributed by atoms with E-state index in [1.165, 1.54) is 32.5 Å². The molecule has 1 aromatic heterocycles. The van der Waals surface area contributed by atoms with Gasteiger partial charge in [0.2, 0.25) is 5.88 Å². The molecule has 1 N–H and O–H groups in total. The highest BCUT2D eigenvalue weighted by Crippen LogP contribution is 2.25. The molecular formula is C13H15N3O4S. The fraction of sp³-hybridized carbons (Fsp3) is 0.231. The number of aryl methyl sites for hydroxylation is 1. The van der Waals surface area contributed by atoms with Crippen LogP contribution in [-0.4, -0.2) is 32.6 Å². The molecule has 21 heavy (non-hydrogen) atoms. The average molecular weight is 309 g/mol. The number of nitrogens with zero attached hydrogens (tertiary/aromatic N) is 2. The van der Waals surface area contributed by atoms with Crippen LogP contribution < -0.4 is 14.2 Å².